The Morgan fingerprint density at radius 1 is 1.30 bits per heavy atom. The summed E-state index contributed by atoms with van der Waals surface area (Å²) >= 11 is 0. The van der Waals surface area contributed by atoms with E-state index in [-0.39, 0.29) is 18.8 Å². The minimum atomic E-state index is -1.41. The SMILES string of the molecule is O=C(O)N1C[C@@H](F)[C@H](Oc2ccc(N3CCNCC3)c(F)c2)C1. The number of nitrogens with zero attached hydrogens (tertiary/aromatic N) is 2. The Hall–Kier alpha value is -2.09. The highest BCUT2D eigenvalue weighted by Crippen LogP contribution is 2.27. The van der Waals surface area contributed by atoms with Crippen molar-refractivity contribution >= 4 is 11.8 Å². The van der Waals surface area contributed by atoms with Crippen LogP contribution in [0.5, 0.6) is 5.75 Å². The van der Waals surface area contributed by atoms with E-state index in [1.165, 1.54) is 6.07 Å². The highest BCUT2D eigenvalue weighted by atomic mass is 19.1. The molecule has 2 heterocycles. The summed E-state index contributed by atoms with van der Waals surface area (Å²) in [5.41, 5.74) is 0.495. The number of carbonyl (C=O) groups is 1. The number of piperazine rings is 1. The second kappa shape index (κ2) is 6.57. The third-order valence-corrected chi connectivity index (χ3v) is 4.13. The van der Waals surface area contributed by atoms with Crippen LogP contribution >= 0.6 is 0 Å². The molecule has 1 aromatic rings. The van der Waals surface area contributed by atoms with Crippen LogP contribution < -0.4 is 15.0 Å². The summed E-state index contributed by atoms with van der Waals surface area (Å²) in [5, 5.41) is 12.1. The molecule has 0 spiro atoms. The summed E-state index contributed by atoms with van der Waals surface area (Å²) in [7, 11) is 0. The summed E-state index contributed by atoms with van der Waals surface area (Å²) < 4.78 is 33.5. The molecule has 2 atom stereocenters. The van der Waals surface area contributed by atoms with E-state index in [9.17, 15) is 13.6 Å². The van der Waals surface area contributed by atoms with Crippen molar-refractivity contribution in [3.8, 4) is 5.75 Å². The zero-order valence-corrected chi connectivity index (χ0v) is 12.5. The molecule has 2 fully saturated rings. The van der Waals surface area contributed by atoms with E-state index in [0.717, 1.165) is 31.1 Å². The number of likely N-dealkylation sites (tertiary alicyclic amines) is 1. The Morgan fingerprint density at radius 3 is 2.65 bits per heavy atom. The predicted octanol–water partition coefficient (Wildman–Crippen LogP) is 1.31. The molecular formula is C15H19F2N3O3. The third kappa shape index (κ3) is 3.47. The fraction of sp³-hybridized carbons (Fsp3) is 0.533. The highest BCUT2D eigenvalue weighted by Gasteiger charge is 2.37. The van der Waals surface area contributed by atoms with Crippen molar-refractivity contribution in [1.29, 1.82) is 0 Å². The van der Waals surface area contributed by atoms with Crippen molar-refractivity contribution in [3.05, 3.63) is 24.0 Å². The molecule has 1 aromatic carbocycles. The topological polar surface area (TPSA) is 65.0 Å². The van der Waals surface area contributed by atoms with Gasteiger partial charge in [-0.2, -0.15) is 0 Å². The molecule has 0 aromatic heterocycles. The summed E-state index contributed by atoms with van der Waals surface area (Å²) in [6, 6.07) is 4.44. The molecule has 3 rings (SSSR count). The van der Waals surface area contributed by atoms with Gasteiger partial charge in [0.2, 0.25) is 0 Å². The first-order chi connectivity index (χ1) is 11.0. The van der Waals surface area contributed by atoms with Gasteiger partial charge in [0.25, 0.3) is 0 Å². The van der Waals surface area contributed by atoms with Crippen molar-refractivity contribution in [1.82, 2.24) is 10.2 Å². The van der Waals surface area contributed by atoms with E-state index in [0.29, 0.717) is 5.69 Å². The third-order valence-electron chi connectivity index (χ3n) is 4.13. The number of nitrogens with one attached hydrogen (secondary N) is 1. The number of hydrogen-bond acceptors (Lipinski definition) is 4. The molecule has 6 nitrogen and oxygen atoms in total. The maximum Gasteiger partial charge on any atom is 0.407 e. The number of carboxylic acid groups (broad SMARTS) is 1. The average molecular weight is 327 g/mol. The second-order valence-corrected chi connectivity index (χ2v) is 5.71. The van der Waals surface area contributed by atoms with Crippen molar-refractivity contribution in [2.24, 2.45) is 0 Å². The molecular weight excluding hydrogens is 308 g/mol. The molecule has 126 valence electrons. The lowest BCUT2D eigenvalue weighted by Crippen LogP contribution is -2.43. The Morgan fingerprint density at radius 2 is 2.04 bits per heavy atom. The van der Waals surface area contributed by atoms with E-state index in [4.69, 9.17) is 9.84 Å². The molecule has 1 amide bonds. The van der Waals surface area contributed by atoms with Crippen LogP contribution in [0.15, 0.2) is 18.2 Å². The summed E-state index contributed by atoms with van der Waals surface area (Å²) in [4.78, 5) is 13.8. The van der Waals surface area contributed by atoms with E-state index < -0.39 is 24.2 Å². The van der Waals surface area contributed by atoms with Gasteiger partial charge in [-0.15, -0.1) is 0 Å². The molecule has 0 aliphatic carbocycles. The quantitative estimate of drug-likeness (QED) is 0.876. The van der Waals surface area contributed by atoms with Crippen LogP contribution in [0.1, 0.15) is 0 Å². The lowest BCUT2D eigenvalue weighted by atomic mass is 10.2. The minimum Gasteiger partial charge on any atom is -0.485 e. The summed E-state index contributed by atoms with van der Waals surface area (Å²) in [6.07, 6.45) is -3.50. The molecule has 2 saturated heterocycles. The fourth-order valence-corrected chi connectivity index (χ4v) is 2.90. The predicted molar refractivity (Wildman–Crippen MR) is 80.4 cm³/mol. The number of halogens is 2. The number of benzene rings is 1. The highest BCUT2D eigenvalue weighted by molar-refractivity contribution is 5.65. The summed E-state index contributed by atoms with van der Waals surface area (Å²) in [5.74, 6) is -0.214. The summed E-state index contributed by atoms with van der Waals surface area (Å²) in [6.45, 7) is 2.77. The molecule has 0 saturated carbocycles. The monoisotopic (exact) mass is 327 g/mol. The van der Waals surface area contributed by atoms with Crippen LogP contribution in [-0.4, -0.2) is 67.6 Å². The fourth-order valence-electron chi connectivity index (χ4n) is 2.90. The molecule has 0 bridgehead atoms. The van der Waals surface area contributed by atoms with Gasteiger partial charge in [-0.05, 0) is 12.1 Å². The van der Waals surface area contributed by atoms with Crippen molar-refractivity contribution in [2.45, 2.75) is 12.3 Å². The smallest absolute Gasteiger partial charge is 0.407 e. The molecule has 2 aliphatic heterocycles. The average Bonchev–Trinajstić information content (AvgIpc) is 2.90. The number of anilines is 1. The van der Waals surface area contributed by atoms with E-state index in [1.807, 2.05) is 4.90 Å². The lowest BCUT2D eigenvalue weighted by molar-refractivity contribution is 0.134. The van der Waals surface area contributed by atoms with Gasteiger partial charge in [0.05, 0.1) is 18.8 Å². The van der Waals surface area contributed by atoms with Gasteiger partial charge in [-0.1, -0.05) is 0 Å². The normalized spacial score (nSPS) is 24.8. The molecule has 0 radical (unpaired) electrons. The number of alkyl halides is 1. The largest absolute Gasteiger partial charge is 0.485 e. The molecule has 0 unspecified atom stereocenters. The van der Waals surface area contributed by atoms with Crippen LogP contribution in [0.4, 0.5) is 19.3 Å². The standard InChI is InChI=1S/C15H19F2N3O3/c16-11-7-10(1-2-13(11)19-5-3-18-4-6-19)23-14-9-20(15(21)22)8-12(14)17/h1-2,7,12,14,18H,3-6,8-9H2,(H,21,22)/t12-,14-/m1/s1. The van der Waals surface area contributed by atoms with Crippen molar-refractivity contribution < 1.29 is 23.4 Å². The molecule has 8 heteroatoms. The van der Waals surface area contributed by atoms with E-state index >= 15 is 0 Å². The van der Waals surface area contributed by atoms with Crippen LogP contribution in [0, 0.1) is 5.82 Å². The van der Waals surface area contributed by atoms with Gasteiger partial charge in [0.1, 0.15) is 17.7 Å². The maximum absolute atomic E-state index is 14.3. The van der Waals surface area contributed by atoms with Gasteiger partial charge in [-0.25, -0.2) is 13.6 Å². The van der Waals surface area contributed by atoms with Crippen molar-refractivity contribution in [2.75, 3.05) is 44.2 Å². The van der Waals surface area contributed by atoms with Gasteiger partial charge >= 0.3 is 6.09 Å². The molecule has 2 aliphatic rings. The van der Waals surface area contributed by atoms with Crippen LogP contribution in [-0.2, 0) is 0 Å². The Balaban J connectivity index is 1.67. The van der Waals surface area contributed by atoms with Gasteiger partial charge in [0, 0.05) is 32.2 Å². The van der Waals surface area contributed by atoms with Crippen LogP contribution in [0.3, 0.4) is 0 Å². The first-order valence-electron chi connectivity index (χ1n) is 7.58. The number of ether oxygens (including phenoxy) is 1. The zero-order valence-electron chi connectivity index (χ0n) is 12.5. The van der Waals surface area contributed by atoms with Gasteiger partial charge in [-0.3, -0.25) is 0 Å². The van der Waals surface area contributed by atoms with E-state index in [1.54, 1.807) is 12.1 Å². The van der Waals surface area contributed by atoms with Gasteiger partial charge in [0.15, 0.2) is 6.17 Å². The van der Waals surface area contributed by atoms with Crippen molar-refractivity contribution in [3.63, 3.8) is 0 Å². The second-order valence-electron chi connectivity index (χ2n) is 5.71. The number of hydrogen-bond donors (Lipinski definition) is 2. The van der Waals surface area contributed by atoms with Crippen LogP contribution in [0.25, 0.3) is 0 Å². The van der Waals surface area contributed by atoms with E-state index in [2.05, 4.69) is 5.32 Å². The first kappa shape index (κ1) is 15.8. The minimum absolute atomic E-state index is 0.0579. The lowest BCUT2D eigenvalue weighted by Gasteiger charge is -2.29. The van der Waals surface area contributed by atoms with Gasteiger partial charge < -0.3 is 25.0 Å². The number of amides is 1. The number of rotatable bonds is 3. The zero-order chi connectivity index (χ0) is 16.4. The Labute approximate surface area is 132 Å². The molecule has 23 heavy (non-hydrogen) atoms. The maximum atomic E-state index is 14.3. The Bertz CT molecular complexity index is 581. The Kier molecular flexibility index (Phi) is 4.51. The molecule has 2 N–H and O–H groups in total. The first-order valence-corrected chi connectivity index (χ1v) is 7.58. The van der Waals surface area contributed by atoms with Crippen LogP contribution in [0.2, 0.25) is 0 Å².